The summed E-state index contributed by atoms with van der Waals surface area (Å²) >= 11 is 0. The fourth-order valence-corrected chi connectivity index (χ4v) is 3.65. The molecule has 0 radical (unpaired) electrons. The fraction of sp³-hybridized carbons (Fsp3) is 0.556. The van der Waals surface area contributed by atoms with Gasteiger partial charge in [-0.3, -0.25) is 9.59 Å². The molecule has 3 N–H and O–H groups in total. The molecular weight excluding hydrogens is 290 g/mol. The number of nitrogens with two attached hydrogens (primary N) is 1. The second-order valence-corrected chi connectivity index (χ2v) is 6.65. The van der Waals surface area contributed by atoms with Gasteiger partial charge in [0.05, 0.1) is 5.92 Å². The zero-order valence-electron chi connectivity index (χ0n) is 13.4. The number of likely N-dealkylation sites (tertiary alicyclic amines) is 1. The van der Waals surface area contributed by atoms with Crippen molar-refractivity contribution in [2.75, 3.05) is 13.1 Å². The Morgan fingerprint density at radius 1 is 1.26 bits per heavy atom. The van der Waals surface area contributed by atoms with E-state index < -0.39 is 0 Å². The highest BCUT2D eigenvalue weighted by molar-refractivity contribution is 5.89. The van der Waals surface area contributed by atoms with Crippen LogP contribution in [0.2, 0.25) is 0 Å². The van der Waals surface area contributed by atoms with Crippen molar-refractivity contribution in [3.8, 4) is 0 Å². The van der Waals surface area contributed by atoms with E-state index in [0.29, 0.717) is 25.6 Å². The van der Waals surface area contributed by atoms with E-state index in [9.17, 15) is 9.59 Å². The molecule has 3 rings (SSSR count). The van der Waals surface area contributed by atoms with Crippen LogP contribution in [-0.4, -0.2) is 35.8 Å². The maximum atomic E-state index is 12.3. The average molecular weight is 315 g/mol. The first-order valence-corrected chi connectivity index (χ1v) is 8.53. The number of carbonyl (C=O) groups excluding carboxylic acids is 2. The second kappa shape index (κ2) is 7.13. The summed E-state index contributed by atoms with van der Waals surface area (Å²) in [7, 11) is 0. The first kappa shape index (κ1) is 16.0. The number of nitrogens with zero attached hydrogens (tertiary/aromatic N) is 1. The van der Waals surface area contributed by atoms with E-state index >= 15 is 0 Å². The van der Waals surface area contributed by atoms with Crippen LogP contribution < -0.4 is 11.1 Å². The van der Waals surface area contributed by atoms with Crippen molar-refractivity contribution in [2.24, 2.45) is 11.7 Å². The Hall–Kier alpha value is -1.88. The van der Waals surface area contributed by atoms with Crippen LogP contribution in [0.4, 0.5) is 0 Å². The average Bonchev–Trinajstić information content (AvgIpc) is 3.22. The van der Waals surface area contributed by atoms with E-state index in [1.54, 1.807) is 0 Å². The quantitative estimate of drug-likeness (QED) is 0.866. The normalized spacial score (nSPS) is 23.3. The van der Waals surface area contributed by atoms with E-state index in [-0.39, 0.29) is 23.8 Å². The highest BCUT2D eigenvalue weighted by Crippen LogP contribution is 2.29. The summed E-state index contributed by atoms with van der Waals surface area (Å²) in [5, 5.41) is 2.91. The predicted molar refractivity (Wildman–Crippen MR) is 88.5 cm³/mol. The van der Waals surface area contributed by atoms with Gasteiger partial charge >= 0.3 is 0 Å². The summed E-state index contributed by atoms with van der Waals surface area (Å²) < 4.78 is 0. The SMILES string of the molecule is NC(CNC(=O)C1CC(=O)N(C2CCCC2)C1)c1ccccc1. The maximum Gasteiger partial charge on any atom is 0.225 e. The topological polar surface area (TPSA) is 75.4 Å². The largest absolute Gasteiger partial charge is 0.354 e. The Morgan fingerprint density at radius 3 is 2.65 bits per heavy atom. The monoisotopic (exact) mass is 315 g/mol. The molecule has 1 heterocycles. The van der Waals surface area contributed by atoms with Gasteiger partial charge in [0, 0.05) is 31.6 Å². The van der Waals surface area contributed by atoms with Crippen molar-refractivity contribution in [3.63, 3.8) is 0 Å². The predicted octanol–water partition coefficient (Wildman–Crippen LogP) is 1.59. The van der Waals surface area contributed by atoms with E-state index in [0.717, 1.165) is 18.4 Å². The number of amides is 2. The number of hydrogen-bond donors (Lipinski definition) is 2. The molecule has 0 aromatic heterocycles. The van der Waals surface area contributed by atoms with Gasteiger partial charge in [0.1, 0.15) is 0 Å². The van der Waals surface area contributed by atoms with Crippen molar-refractivity contribution in [1.29, 1.82) is 0 Å². The molecule has 0 spiro atoms. The lowest BCUT2D eigenvalue weighted by Crippen LogP contribution is -2.38. The van der Waals surface area contributed by atoms with Crippen LogP contribution in [0.1, 0.15) is 43.7 Å². The smallest absolute Gasteiger partial charge is 0.225 e. The van der Waals surface area contributed by atoms with E-state index in [1.807, 2.05) is 35.2 Å². The fourth-order valence-electron chi connectivity index (χ4n) is 3.65. The summed E-state index contributed by atoms with van der Waals surface area (Å²) in [6.45, 7) is 0.965. The number of carbonyl (C=O) groups is 2. The number of rotatable bonds is 5. The Kier molecular flexibility index (Phi) is 4.96. The van der Waals surface area contributed by atoms with Gasteiger partial charge in [-0.05, 0) is 18.4 Å². The maximum absolute atomic E-state index is 12.3. The summed E-state index contributed by atoms with van der Waals surface area (Å²) in [6.07, 6.45) is 4.88. The third-order valence-electron chi connectivity index (χ3n) is 5.02. The van der Waals surface area contributed by atoms with Crippen LogP contribution >= 0.6 is 0 Å². The molecule has 1 saturated carbocycles. The molecule has 124 valence electrons. The van der Waals surface area contributed by atoms with Crippen molar-refractivity contribution >= 4 is 11.8 Å². The molecule has 5 heteroatoms. The summed E-state index contributed by atoms with van der Waals surface area (Å²) in [4.78, 5) is 26.4. The highest BCUT2D eigenvalue weighted by Gasteiger charge is 2.38. The third kappa shape index (κ3) is 3.72. The first-order chi connectivity index (χ1) is 11.1. The van der Waals surface area contributed by atoms with Crippen LogP contribution in [-0.2, 0) is 9.59 Å². The molecule has 2 aliphatic rings. The lowest BCUT2D eigenvalue weighted by Gasteiger charge is -2.24. The number of hydrogen-bond acceptors (Lipinski definition) is 3. The first-order valence-electron chi connectivity index (χ1n) is 8.53. The van der Waals surface area contributed by atoms with Gasteiger partial charge in [0.15, 0.2) is 0 Å². The zero-order valence-corrected chi connectivity index (χ0v) is 13.4. The van der Waals surface area contributed by atoms with Gasteiger partial charge in [-0.15, -0.1) is 0 Å². The molecule has 2 atom stereocenters. The van der Waals surface area contributed by atoms with E-state index in [4.69, 9.17) is 5.73 Å². The summed E-state index contributed by atoms with van der Waals surface area (Å²) in [6, 6.07) is 9.86. The number of benzene rings is 1. The molecule has 23 heavy (non-hydrogen) atoms. The van der Waals surface area contributed by atoms with Crippen LogP contribution in [0, 0.1) is 5.92 Å². The lowest BCUT2D eigenvalue weighted by molar-refractivity contribution is -0.130. The molecule has 5 nitrogen and oxygen atoms in total. The number of nitrogens with one attached hydrogen (secondary N) is 1. The van der Waals surface area contributed by atoms with Crippen LogP contribution in [0.3, 0.4) is 0 Å². The van der Waals surface area contributed by atoms with Crippen molar-refractivity contribution in [1.82, 2.24) is 10.2 Å². The summed E-state index contributed by atoms with van der Waals surface area (Å²) in [5.41, 5.74) is 7.11. The molecule has 2 fully saturated rings. The van der Waals surface area contributed by atoms with Crippen LogP contribution in [0.25, 0.3) is 0 Å². The Labute approximate surface area is 137 Å². The minimum Gasteiger partial charge on any atom is -0.354 e. The molecule has 0 bridgehead atoms. The van der Waals surface area contributed by atoms with E-state index in [1.165, 1.54) is 12.8 Å². The highest BCUT2D eigenvalue weighted by atomic mass is 16.2. The minimum atomic E-state index is -0.230. The van der Waals surface area contributed by atoms with Gasteiger partial charge in [-0.25, -0.2) is 0 Å². The van der Waals surface area contributed by atoms with Gasteiger partial charge < -0.3 is 16.0 Å². The summed E-state index contributed by atoms with van der Waals surface area (Å²) in [5.74, 6) is -0.152. The minimum absolute atomic E-state index is 0.0507. The molecule has 1 saturated heterocycles. The van der Waals surface area contributed by atoms with Crippen molar-refractivity contribution < 1.29 is 9.59 Å². The van der Waals surface area contributed by atoms with Crippen molar-refractivity contribution in [3.05, 3.63) is 35.9 Å². The lowest BCUT2D eigenvalue weighted by atomic mass is 10.1. The molecule has 1 aromatic carbocycles. The zero-order chi connectivity index (χ0) is 16.2. The van der Waals surface area contributed by atoms with Gasteiger partial charge in [0.25, 0.3) is 0 Å². The second-order valence-electron chi connectivity index (χ2n) is 6.65. The Bertz CT molecular complexity index is 555. The van der Waals surface area contributed by atoms with Crippen LogP contribution in [0.5, 0.6) is 0 Å². The van der Waals surface area contributed by atoms with Gasteiger partial charge in [-0.2, -0.15) is 0 Å². The van der Waals surface area contributed by atoms with Gasteiger partial charge in [0.2, 0.25) is 11.8 Å². The van der Waals surface area contributed by atoms with Crippen LogP contribution in [0.15, 0.2) is 30.3 Å². The molecule has 1 aromatic rings. The molecule has 2 amide bonds. The van der Waals surface area contributed by atoms with Crippen molar-refractivity contribution in [2.45, 2.75) is 44.2 Å². The Morgan fingerprint density at radius 2 is 1.96 bits per heavy atom. The molecular formula is C18H25N3O2. The molecule has 1 aliphatic carbocycles. The third-order valence-corrected chi connectivity index (χ3v) is 5.02. The molecule has 2 unspecified atom stereocenters. The Balaban J connectivity index is 1.50. The molecule has 1 aliphatic heterocycles. The van der Waals surface area contributed by atoms with E-state index in [2.05, 4.69) is 5.32 Å². The van der Waals surface area contributed by atoms with Gasteiger partial charge in [-0.1, -0.05) is 43.2 Å². The standard InChI is InChI=1S/C18H25N3O2/c19-16(13-6-2-1-3-7-13)11-20-18(23)14-10-17(22)21(12-14)15-8-4-5-9-15/h1-3,6-7,14-16H,4-5,8-12,19H2,(H,20,23).